The second-order valence-corrected chi connectivity index (χ2v) is 7.69. The van der Waals surface area contributed by atoms with Crippen LogP contribution >= 0.6 is 0 Å². The maximum Gasteiger partial charge on any atom is 0.252 e. The Morgan fingerprint density at radius 1 is 1.10 bits per heavy atom. The van der Waals surface area contributed by atoms with Gasteiger partial charge in [-0.15, -0.1) is 0 Å². The molecule has 2 heterocycles. The molecule has 0 unspecified atom stereocenters. The van der Waals surface area contributed by atoms with Crippen LogP contribution in [-0.2, 0) is 0 Å². The Labute approximate surface area is 180 Å². The van der Waals surface area contributed by atoms with E-state index in [0.717, 1.165) is 42.9 Å². The summed E-state index contributed by atoms with van der Waals surface area (Å²) in [5.74, 6) is -1.22. The molecule has 0 radical (unpaired) electrons. The van der Waals surface area contributed by atoms with E-state index in [9.17, 15) is 9.18 Å². The number of carbonyl (C=O) groups excluding carboxylic acids is 1. The minimum absolute atomic E-state index is 0.0417. The van der Waals surface area contributed by atoms with E-state index < -0.39 is 11.7 Å². The van der Waals surface area contributed by atoms with E-state index in [2.05, 4.69) is 20.6 Å². The van der Waals surface area contributed by atoms with E-state index in [1.165, 1.54) is 0 Å². The highest BCUT2D eigenvalue weighted by Crippen LogP contribution is 2.31. The molecule has 0 spiro atoms. The summed E-state index contributed by atoms with van der Waals surface area (Å²) in [6.07, 6.45) is 7.10. The number of halogens is 1. The van der Waals surface area contributed by atoms with Gasteiger partial charge in [-0.2, -0.15) is 0 Å². The minimum Gasteiger partial charge on any atom is -0.365 e. The Balaban J connectivity index is 1.70. The van der Waals surface area contributed by atoms with Crippen LogP contribution in [0.15, 0.2) is 54.9 Å². The van der Waals surface area contributed by atoms with Crippen molar-refractivity contribution >= 4 is 23.2 Å². The molecule has 1 aromatic carbocycles. The number of nitrogens with one attached hydrogen (secondary N) is 2. The van der Waals surface area contributed by atoms with Crippen LogP contribution in [0.3, 0.4) is 0 Å². The molecule has 1 amide bonds. The molecule has 3 aromatic rings. The van der Waals surface area contributed by atoms with Crippen molar-refractivity contribution < 1.29 is 9.18 Å². The number of carbonyl (C=O) groups is 1. The number of nitrogens with zero attached hydrogens (tertiary/aromatic N) is 2. The number of nitrogens with two attached hydrogens (primary N) is 2. The van der Waals surface area contributed by atoms with Gasteiger partial charge in [-0.3, -0.25) is 9.78 Å². The maximum atomic E-state index is 14.7. The van der Waals surface area contributed by atoms with Gasteiger partial charge in [0.25, 0.3) is 5.91 Å². The van der Waals surface area contributed by atoms with Gasteiger partial charge in [0, 0.05) is 23.8 Å². The molecule has 4 rings (SSSR count). The number of rotatable bonds is 6. The lowest BCUT2D eigenvalue weighted by atomic mass is 9.91. The van der Waals surface area contributed by atoms with Crippen LogP contribution in [0.25, 0.3) is 11.1 Å². The quantitative estimate of drug-likeness (QED) is 0.482. The summed E-state index contributed by atoms with van der Waals surface area (Å²) in [5.41, 5.74) is 14.1. The van der Waals surface area contributed by atoms with Crippen LogP contribution in [0.5, 0.6) is 0 Å². The standard InChI is InChI=1S/C23H25FN6O/c24-17-12-16(21(26)31)22(30-23(17)28-19-9-5-4-8-18(19)25)29-20-13-27-11-10-15(20)14-6-2-1-3-7-14/h1-3,6-7,10-13,18-19H,4-5,8-9,25H2,(H2,26,31)(H2,28,29,30)/t18-,19+/m0/s1. The molecule has 2 atom stereocenters. The molecule has 1 aliphatic rings. The average molecular weight is 420 g/mol. The van der Waals surface area contributed by atoms with Crippen molar-refractivity contribution in [3.8, 4) is 11.1 Å². The summed E-state index contributed by atoms with van der Waals surface area (Å²) in [6, 6.07) is 12.5. The largest absolute Gasteiger partial charge is 0.365 e. The fourth-order valence-electron chi connectivity index (χ4n) is 3.88. The van der Waals surface area contributed by atoms with Gasteiger partial charge in [0.05, 0.1) is 17.4 Å². The molecule has 0 bridgehead atoms. The molecule has 2 aromatic heterocycles. The zero-order chi connectivity index (χ0) is 21.8. The lowest BCUT2D eigenvalue weighted by Gasteiger charge is -2.30. The van der Waals surface area contributed by atoms with Crippen molar-refractivity contribution in [3.05, 3.63) is 66.2 Å². The molecule has 0 aliphatic heterocycles. The zero-order valence-corrected chi connectivity index (χ0v) is 17.0. The normalized spacial score (nSPS) is 18.4. The van der Waals surface area contributed by atoms with Gasteiger partial charge in [-0.1, -0.05) is 43.2 Å². The average Bonchev–Trinajstić information content (AvgIpc) is 2.78. The summed E-state index contributed by atoms with van der Waals surface area (Å²) in [4.78, 5) is 20.5. The Morgan fingerprint density at radius 3 is 2.61 bits per heavy atom. The zero-order valence-electron chi connectivity index (χ0n) is 17.0. The van der Waals surface area contributed by atoms with Crippen LogP contribution in [-0.4, -0.2) is 28.0 Å². The second kappa shape index (κ2) is 9.09. The first-order valence-corrected chi connectivity index (χ1v) is 10.3. The summed E-state index contributed by atoms with van der Waals surface area (Å²) in [5, 5.41) is 6.24. The van der Waals surface area contributed by atoms with Crippen molar-refractivity contribution in [2.24, 2.45) is 11.5 Å². The van der Waals surface area contributed by atoms with Gasteiger partial charge in [-0.25, -0.2) is 9.37 Å². The van der Waals surface area contributed by atoms with Gasteiger partial charge in [-0.05, 0) is 30.5 Å². The lowest BCUT2D eigenvalue weighted by Crippen LogP contribution is -2.43. The summed E-state index contributed by atoms with van der Waals surface area (Å²) < 4.78 is 14.7. The number of benzene rings is 1. The van der Waals surface area contributed by atoms with Gasteiger partial charge >= 0.3 is 0 Å². The van der Waals surface area contributed by atoms with Crippen molar-refractivity contribution in [1.29, 1.82) is 0 Å². The fraction of sp³-hybridized carbons (Fsp3) is 0.261. The third kappa shape index (κ3) is 4.64. The van der Waals surface area contributed by atoms with Gasteiger partial charge in [0.15, 0.2) is 11.6 Å². The lowest BCUT2D eigenvalue weighted by molar-refractivity contribution is 0.100. The molecular weight excluding hydrogens is 395 g/mol. The van der Waals surface area contributed by atoms with Crippen molar-refractivity contribution in [2.45, 2.75) is 37.8 Å². The SMILES string of the molecule is NC(=O)c1cc(F)c(N[C@@H]2CCCC[C@@H]2N)nc1Nc1cnccc1-c1ccccc1. The molecule has 1 aliphatic carbocycles. The van der Waals surface area contributed by atoms with Crippen molar-refractivity contribution in [1.82, 2.24) is 9.97 Å². The third-order valence-electron chi connectivity index (χ3n) is 5.54. The Hall–Kier alpha value is -3.52. The summed E-state index contributed by atoms with van der Waals surface area (Å²) >= 11 is 0. The minimum atomic E-state index is -0.778. The molecule has 6 N–H and O–H groups in total. The number of hydrogen-bond acceptors (Lipinski definition) is 6. The fourth-order valence-corrected chi connectivity index (χ4v) is 3.88. The van der Waals surface area contributed by atoms with E-state index in [1.807, 2.05) is 36.4 Å². The predicted molar refractivity (Wildman–Crippen MR) is 120 cm³/mol. The van der Waals surface area contributed by atoms with E-state index >= 15 is 0 Å². The molecule has 31 heavy (non-hydrogen) atoms. The highest BCUT2D eigenvalue weighted by atomic mass is 19.1. The van der Waals surface area contributed by atoms with Crippen LogP contribution in [0, 0.1) is 5.82 Å². The number of primary amides is 1. The van der Waals surface area contributed by atoms with Crippen LogP contribution < -0.4 is 22.1 Å². The van der Waals surface area contributed by atoms with Crippen LogP contribution in [0.1, 0.15) is 36.0 Å². The first-order chi connectivity index (χ1) is 15.0. The number of aromatic nitrogens is 2. The van der Waals surface area contributed by atoms with Gasteiger partial charge in [0.2, 0.25) is 0 Å². The Kier molecular flexibility index (Phi) is 6.08. The van der Waals surface area contributed by atoms with Crippen molar-refractivity contribution in [2.75, 3.05) is 10.6 Å². The second-order valence-electron chi connectivity index (χ2n) is 7.69. The Morgan fingerprint density at radius 2 is 1.87 bits per heavy atom. The predicted octanol–water partition coefficient (Wildman–Crippen LogP) is 3.81. The smallest absolute Gasteiger partial charge is 0.252 e. The highest BCUT2D eigenvalue weighted by Gasteiger charge is 2.24. The Bertz CT molecular complexity index is 1070. The van der Waals surface area contributed by atoms with Gasteiger partial charge in [0.1, 0.15) is 5.82 Å². The molecule has 0 saturated heterocycles. The van der Waals surface area contributed by atoms with E-state index in [1.54, 1.807) is 12.4 Å². The van der Waals surface area contributed by atoms with E-state index in [4.69, 9.17) is 11.5 Å². The first kappa shape index (κ1) is 20.7. The monoisotopic (exact) mass is 420 g/mol. The molecule has 1 saturated carbocycles. The third-order valence-corrected chi connectivity index (χ3v) is 5.54. The number of anilines is 3. The number of amides is 1. The topological polar surface area (TPSA) is 119 Å². The molecular formula is C23H25FN6O. The maximum absolute atomic E-state index is 14.7. The number of pyridine rings is 2. The summed E-state index contributed by atoms with van der Waals surface area (Å²) in [7, 11) is 0. The van der Waals surface area contributed by atoms with Crippen LogP contribution in [0.2, 0.25) is 0 Å². The van der Waals surface area contributed by atoms with Crippen LogP contribution in [0.4, 0.5) is 21.7 Å². The molecule has 1 fully saturated rings. The molecule has 160 valence electrons. The first-order valence-electron chi connectivity index (χ1n) is 10.3. The van der Waals surface area contributed by atoms with Crippen molar-refractivity contribution in [3.63, 3.8) is 0 Å². The molecule has 7 nitrogen and oxygen atoms in total. The number of hydrogen-bond donors (Lipinski definition) is 4. The van der Waals surface area contributed by atoms with Gasteiger partial charge < -0.3 is 22.1 Å². The highest BCUT2D eigenvalue weighted by molar-refractivity contribution is 5.99. The summed E-state index contributed by atoms with van der Waals surface area (Å²) in [6.45, 7) is 0. The molecule has 8 heteroatoms. The van der Waals surface area contributed by atoms with E-state index in [0.29, 0.717) is 5.69 Å². The van der Waals surface area contributed by atoms with E-state index in [-0.39, 0.29) is 29.3 Å².